The van der Waals surface area contributed by atoms with E-state index in [2.05, 4.69) is 10.2 Å². The molecule has 0 aliphatic carbocycles. The zero-order chi connectivity index (χ0) is 22.0. The van der Waals surface area contributed by atoms with Crippen molar-refractivity contribution >= 4 is 38.9 Å². The van der Waals surface area contributed by atoms with Crippen molar-refractivity contribution < 1.29 is 13.2 Å². The number of rotatable bonds is 5. The molecule has 8 heteroatoms. The van der Waals surface area contributed by atoms with E-state index in [1.165, 1.54) is 10.4 Å². The van der Waals surface area contributed by atoms with Crippen molar-refractivity contribution in [3.05, 3.63) is 52.5 Å². The predicted octanol–water partition coefficient (Wildman–Crippen LogP) is 4.68. The van der Waals surface area contributed by atoms with Gasteiger partial charge in [-0.25, -0.2) is 8.42 Å². The summed E-state index contributed by atoms with van der Waals surface area (Å²) in [6, 6.07) is 10.3. The molecule has 2 saturated heterocycles. The molecule has 2 aromatic carbocycles. The standard InChI is InChI=1S/C23H28ClN3O3S/c1-17-7-9-19(31(29,30)27-13-3-2-4-14-27)16-20(17)23(28)25-21-15-18(24)8-10-22(21)26-11-5-6-12-26/h7-10,15-16H,2-6,11-14H2,1H3,(H,25,28). The number of carbonyl (C=O) groups excluding carboxylic acids is 1. The molecule has 31 heavy (non-hydrogen) atoms. The van der Waals surface area contributed by atoms with Crippen molar-refractivity contribution in [2.24, 2.45) is 0 Å². The van der Waals surface area contributed by atoms with Gasteiger partial charge in [0, 0.05) is 36.8 Å². The first-order valence-corrected chi connectivity index (χ1v) is 12.6. The number of benzene rings is 2. The maximum Gasteiger partial charge on any atom is 0.256 e. The Labute approximate surface area is 189 Å². The summed E-state index contributed by atoms with van der Waals surface area (Å²) in [5, 5.41) is 3.51. The van der Waals surface area contributed by atoms with Gasteiger partial charge in [0.1, 0.15) is 0 Å². The molecule has 166 valence electrons. The summed E-state index contributed by atoms with van der Waals surface area (Å²) >= 11 is 6.20. The molecule has 2 aliphatic heterocycles. The number of aryl methyl sites for hydroxylation is 1. The van der Waals surface area contributed by atoms with Crippen molar-refractivity contribution in [2.45, 2.75) is 43.9 Å². The van der Waals surface area contributed by atoms with Gasteiger partial charge in [0.25, 0.3) is 5.91 Å². The lowest BCUT2D eigenvalue weighted by atomic mass is 10.1. The van der Waals surface area contributed by atoms with Gasteiger partial charge < -0.3 is 10.2 Å². The smallest absolute Gasteiger partial charge is 0.256 e. The van der Waals surface area contributed by atoms with Crippen LogP contribution in [0.3, 0.4) is 0 Å². The van der Waals surface area contributed by atoms with Crippen molar-refractivity contribution in [1.29, 1.82) is 0 Å². The summed E-state index contributed by atoms with van der Waals surface area (Å²) in [5.41, 5.74) is 2.65. The van der Waals surface area contributed by atoms with Crippen LogP contribution >= 0.6 is 11.6 Å². The van der Waals surface area contributed by atoms with Crippen LogP contribution in [0.25, 0.3) is 0 Å². The van der Waals surface area contributed by atoms with Crippen molar-refractivity contribution in [1.82, 2.24) is 4.31 Å². The highest BCUT2D eigenvalue weighted by atomic mass is 35.5. The Morgan fingerprint density at radius 3 is 2.32 bits per heavy atom. The van der Waals surface area contributed by atoms with Gasteiger partial charge in [-0.05, 0) is 68.5 Å². The zero-order valence-corrected chi connectivity index (χ0v) is 19.3. The number of amides is 1. The number of halogens is 1. The molecule has 6 nitrogen and oxygen atoms in total. The second-order valence-electron chi connectivity index (χ2n) is 8.25. The number of nitrogens with zero attached hydrogens (tertiary/aromatic N) is 2. The summed E-state index contributed by atoms with van der Waals surface area (Å²) in [5.74, 6) is -0.337. The fraction of sp³-hybridized carbons (Fsp3) is 0.435. The van der Waals surface area contributed by atoms with Gasteiger partial charge in [-0.2, -0.15) is 4.31 Å². The summed E-state index contributed by atoms with van der Waals surface area (Å²) in [7, 11) is -3.61. The van der Waals surface area contributed by atoms with Gasteiger partial charge in [0.05, 0.1) is 16.3 Å². The molecule has 1 amide bonds. The highest BCUT2D eigenvalue weighted by Crippen LogP contribution is 2.32. The summed E-state index contributed by atoms with van der Waals surface area (Å²) in [6.07, 6.45) is 5.02. The van der Waals surface area contributed by atoms with Gasteiger partial charge in [-0.1, -0.05) is 24.1 Å². The van der Waals surface area contributed by atoms with Crippen molar-refractivity contribution in [3.63, 3.8) is 0 Å². The second kappa shape index (κ2) is 9.18. The van der Waals surface area contributed by atoms with E-state index < -0.39 is 10.0 Å². The zero-order valence-electron chi connectivity index (χ0n) is 17.7. The molecule has 0 bridgehead atoms. The van der Waals surface area contributed by atoms with Crippen LogP contribution in [-0.4, -0.2) is 44.8 Å². The van der Waals surface area contributed by atoms with Crippen LogP contribution in [0.2, 0.25) is 5.02 Å². The lowest BCUT2D eigenvalue weighted by molar-refractivity contribution is 0.102. The first-order valence-electron chi connectivity index (χ1n) is 10.8. The van der Waals surface area contributed by atoms with E-state index in [0.29, 0.717) is 29.4 Å². The number of sulfonamides is 1. The fourth-order valence-electron chi connectivity index (χ4n) is 4.29. The normalized spacial score (nSPS) is 17.7. The number of carbonyl (C=O) groups is 1. The van der Waals surface area contributed by atoms with Crippen LogP contribution in [0, 0.1) is 6.92 Å². The molecule has 0 spiro atoms. The number of anilines is 2. The van der Waals surface area contributed by atoms with E-state index >= 15 is 0 Å². The Morgan fingerprint density at radius 1 is 0.935 bits per heavy atom. The SMILES string of the molecule is Cc1ccc(S(=O)(=O)N2CCCCC2)cc1C(=O)Nc1cc(Cl)ccc1N1CCCC1. The lowest BCUT2D eigenvalue weighted by Gasteiger charge is -2.26. The van der Waals surface area contributed by atoms with Crippen molar-refractivity contribution in [2.75, 3.05) is 36.4 Å². The van der Waals surface area contributed by atoms with E-state index in [1.807, 2.05) is 19.1 Å². The number of hydrogen-bond donors (Lipinski definition) is 1. The molecule has 2 aliphatic rings. The van der Waals surface area contributed by atoms with E-state index in [9.17, 15) is 13.2 Å². The topological polar surface area (TPSA) is 69.7 Å². The van der Waals surface area contributed by atoms with Crippen molar-refractivity contribution in [3.8, 4) is 0 Å². The van der Waals surface area contributed by atoms with Gasteiger partial charge >= 0.3 is 0 Å². The van der Waals surface area contributed by atoms with Crippen LogP contribution in [0.4, 0.5) is 11.4 Å². The summed E-state index contributed by atoms with van der Waals surface area (Å²) in [4.78, 5) is 15.6. The van der Waals surface area contributed by atoms with E-state index in [-0.39, 0.29) is 10.8 Å². The average Bonchev–Trinajstić information content (AvgIpc) is 3.29. The molecule has 0 aromatic heterocycles. The molecular formula is C23H28ClN3O3S. The third kappa shape index (κ3) is 4.73. The Balaban J connectivity index is 1.62. The van der Waals surface area contributed by atoms with E-state index in [1.54, 1.807) is 18.2 Å². The molecule has 0 atom stereocenters. The maximum absolute atomic E-state index is 13.2. The first-order chi connectivity index (χ1) is 14.9. The Morgan fingerprint density at radius 2 is 1.61 bits per heavy atom. The van der Waals surface area contributed by atoms with Crippen LogP contribution in [-0.2, 0) is 10.0 Å². The highest BCUT2D eigenvalue weighted by Gasteiger charge is 2.27. The molecule has 0 unspecified atom stereocenters. The van der Waals surface area contributed by atoms with Gasteiger partial charge in [-0.3, -0.25) is 4.79 Å². The van der Waals surface area contributed by atoms with E-state index in [0.717, 1.165) is 56.4 Å². The van der Waals surface area contributed by atoms with Gasteiger partial charge in [0.2, 0.25) is 10.0 Å². The quantitative estimate of drug-likeness (QED) is 0.702. The second-order valence-corrected chi connectivity index (χ2v) is 10.6. The molecule has 0 saturated carbocycles. The van der Waals surface area contributed by atoms with Crippen LogP contribution in [0.1, 0.15) is 48.0 Å². The Kier molecular flexibility index (Phi) is 6.55. The maximum atomic E-state index is 13.2. The molecule has 2 heterocycles. The minimum Gasteiger partial charge on any atom is -0.370 e. The third-order valence-corrected chi connectivity index (χ3v) is 8.19. The average molecular weight is 462 g/mol. The van der Waals surface area contributed by atoms with Crippen LogP contribution < -0.4 is 10.2 Å². The van der Waals surface area contributed by atoms with Crippen LogP contribution in [0.5, 0.6) is 0 Å². The highest BCUT2D eigenvalue weighted by molar-refractivity contribution is 7.89. The van der Waals surface area contributed by atoms with Gasteiger partial charge in [-0.15, -0.1) is 0 Å². The van der Waals surface area contributed by atoms with Gasteiger partial charge in [0.15, 0.2) is 0 Å². The third-order valence-electron chi connectivity index (χ3n) is 6.06. The molecule has 2 fully saturated rings. The minimum absolute atomic E-state index is 0.163. The molecular weight excluding hydrogens is 434 g/mol. The number of piperidine rings is 1. The number of nitrogens with one attached hydrogen (secondary N) is 1. The molecule has 0 radical (unpaired) electrons. The molecule has 4 rings (SSSR count). The summed E-state index contributed by atoms with van der Waals surface area (Å²) in [6.45, 7) is 4.74. The van der Waals surface area contributed by atoms with Crippen LogP contribution in [0.15, 0.2) is 41.3 Å². The van der Waals surface area contributed by atoms with E-state index in [4.69, 9.17) is 11.6 Å². The predicted molar refractivity (Wildman–Crippen MR) is 125 cm³/mol. The first kappa shape index (κ1) is 22.1. The Bertz CT molecular complexity index is 1080. The monoisotopic (exact) mass is 461 g/mol. The minimum atomic E-state index is -3.61. The Hall–Kier alpha value is -2.09. The fourth-order valence-corrected chi connectivity index (χ4v) is 6.01. The largest absolute Gasteiger partial charge is 0.370 e. The molecule has 1 N–H and O–H groups in total. The summed E-state index contributed by atoms with van der Waals surface area (Å²) < 4.78 is 27.7. The lowest BCUT2D eigenvalue weighted by Crippen LogP contribution is -2.35. The molecule has 2 aromatic rings. The number of hydrogen-bond acceptors (Lipinski definition) is 4.